The molecule has 0 radical (unpaired) electrons. The van der Waals surface area contributed by atoms with Crippen molar-refractivity contribution in [2.45, 2.75) is 0 Å². The van der Waals surface area contributed by atoms with Gasteiger partial charge in [-0.05, 0) is 106 Å². The summed E-state index contributed by atoms with van der Waals surface area (Å²) in [6.07, 6.45) is 0. The number of aromatic nitrogens is 2. The predicted molar refractivity (Wildman–Crippen MR) is 244 cm³/mol. The van der Waals surface area contributed by atoms with Crippen LogP contribution < -0.4 is 0 Å². The summed E-state index contributed by atoms with van der Waals surface area (Å²) < 4.78 is 7.47. The normalized spacial score (nSPS) is 11.9. The summed E-state index contributed by atoms with van der Waals surface area (Å²) in [4.78, 5) is 0. The zero-order valence-electron chi connectivity index (χ0n) is 30.9. The van der Waals surface area contributed by atoms with Crippen LogP contribution in [0.15, 0.2) is 206 Å². The first-order chi connectivity index (χ1) is 28.3. The third-order valence-corrected chi connectivity index (χ3v) is 12.9. The molecule has 9 aromatic carbocycles. The average molecular weight is 743 g/mol. The summed E-state index contributed by atoms with van der Waals surface area (Å²) in [7, 11) is 0. The maximum atomic E-state index is 2.43. The van der Waals surface area contributed by atoms with E-state index in [2.05, 4.69) is 215 Å². The van der Waals surface area contributed by atoms with E-state index in [9.17, 15) is 0 Å². The van der Waals surface area contributed by atoms with Gasteiger partial charge >= 0.3 is 0 Å². The van der Waals surface area contributed by atoms with Crippen LogP contribution in [0.5, 0.6) is 0 Å². The summed E-state index contributed by atoms with van der Waals surface area (Å²) in [6.45, 7) is 0. The number of rotatable bonds is 5. The minimum Gasteiger partial charge on any atom is -0.309 e. The van der Waals surface area contributed by atoms with Crippen LogP contribution in [0.4, 0.5) is 0 Å². The Morgan fingerprint density at radius 1 is 0.281 bits per heavy atom. The van der Waals surface area contributed by atoms with Crippen molar-refractivity contribution in [3.8, 4) is 44.8 Å². The van der Waals surface area contributed by atoms with Gasteiger partial charge in [-0.2, -0.15) is 0 Å². The van der Waals surface area contributed by atoms with Gasteiger partial charge in [-0.1, -0.05) is 133 Å². The van der Waals surface area contributed by atoms with Crippen LogP contribution in [0.2, 0.25) is 0 Å². The molecule has 0 N–H and O–H groups in total. The number of nitrogens with zero attached hydrogens (tertiary/aromatic N) is 2. The molecule has 3 heterocycles. The molecule has 0 saturated heterocycles. The Kier molecular flexibility index (Phi) is 7.13. The lowest BCUT2D eigenvalue weighted by atomic mass is 9.96. The predicted octanol–water partition coefficient (Wildman–Crippen LogP) is 15.2. The quantitative estimate of drug-likeness (QED) is 0.166. The first-order valence-corrected chi connectivity index (χ1v) is 20.3. The third kappa shape index (κ3) is 5.03. The Labute approximate surface area is 333 Å². The second kappa shape index (κ2) is 12.7. The first-order valence-electron chi connectivity index (χ1n) is 19.5. The highest BCUT2D eigenvalue weighted by Crippen LogP contribution is 2.43. The van der Waals surface area contributed by atoms with E-state index in [4.69, 9.17) is 0 Å². The number of fused-ring (bicyclic) bond motifs is 9. The summed E-state index contributed by atoms with van der Waals surface area (Å²) in [5.74, 6) is 0. The minimum absolute atomic E-state index is 1.16. The molecule has 0 spiro atoms. The van der Waals surface area contributed by atoms with Gasteiger partial charge < -0.3 is 9.13 Å². The van der Waals surface area contributed by atoms with Gasteiger partial charge in [-0.3, -0.25) is 0 Å². The van der Waals surface area contributed by atoms with Gasteiger partial charge in [0.2, 0.25) is 0 Å². The lowest BCUT2D eigenvalue weighted by Crippen LogP contribution is -1.93. The van der Waals surface area contributed by atoms with Gasteiger partial charge in [0.15, 0.2) is 0 Å². The van der Waals surface area contributed by atoms with E-state index in [1.807, 2.05) is 11.3 Å². The van der Waals surface area contributed by atoms with Crippen molar-refractivity contribution in [2.75, 3.05) is 0 Å². The van der Waals surface area contributed by atoms with Crippen molar-refractivity contribution < 1.29 is 0 Å². The second-order valence-electron chi connectivity index (χ2n) is 14.9. The minimum atomic E-state index is 1.16. The van der Waals surface area contributed by atoms with Gasteiger partial charge in [0.25, 0.3) is 0 Å². The standard InChI is InChI=1S/C54H34N2S/c1-3-15-40(16-4-1)55-49-23-9-7-19-43(49)47-32-37(26-29-50(47)55)35-13-11-14-36(31-35)38-27-30-51-48(33-38)44-28-25-39(34-52(44)56(51)41-17-5-2-6-18-41)42-21-12-22-46-45-20-8-10-24-53(45)57-54(42)46/h1-34H. The van der Waals surface area contributed by atoms with Crippen molar-refractivity contribution >= 4 is 75.1 Å². The van der Waals surface area contributed by atoms with Gasteiger partial charge in [-0.25, -0.2) is 0 Å². The van der Waals surface area contributed by atoms with Gasteiger partial charge in [0.1, 0.15) is 0 Å². The molecular weight excluding hydrogens is 709 g/mol. The van der Waals surface area contributed by atoms with E-state index in [0.29, 0.717) is 0 Å². The zero-order valence-corrected chi connectivity index (χ0v) is 31.7. The maximum Gasteiger partial charge on any atom is 0.0547 e. The molecule has 57 heavy (non-hydrogen) atoms. The molecular formula is C54H34N2S. The first kappa shape index (κ1) is 32.1. The van der Waals surface area contributed by atoms with Crippen LogP contribution in [0, 0.1) is 0 Å². The van der Waals surface area contributed by atoms with Gasteiger partial charge in [-0.15, -0.1) is 11.3 Å². The second-order valence-corrected chi connectivity index (χ2v) is 16.0. The van der Waals surface area contributed by atoms with Crippen LogP contribution in [-0.2, 0) is 0 Å². The Morgan fingerprint density at radius 3 is 1.49 bits per heavy atom. The Hall–Kier alpha value is -7.20. The molecule has 3 aromatic heterocycles. The molecule has 0 bridgehead atoms. The molecule has 12 aromatic rings. The summed E-state index contributed by atoms with van der Waals surface area (Å²) >= 11 is 1.89. The molecule has 2 nitrogen and oxygen atoms in total. The molecule has 0 aliphatic heterocycles. The van der Waals surface area contributed by atoms with E-state index in [-0.39, 0.29) is 0 Å². The lowest BCUT2D eigenvalue weighted by molar-refractivity contribution is 1.18. The number of hydrogen-bond acceptors (Lipinski definition) is 1. The molecule has 0 atom stereocenters. The fourth-order valence-corrected chi connectivity index (χ4v) is 10.3. The molecule has 0 aliphatic carbocycles. The van der Waals surface area contributed by atoms with Crippen molar-refractivity contribution in [1.29, 1.82) is 0 Å². The smallest absolute Gasteiger partial charge is 0.0547 e. The van der Waals surface area contributed by atoms with Gasteiger partial charge in [0, 0.05) is 53.1 Å². The van der Waals surface area contributed by atoms with Crippen LogP contribution in [0.1, 0.15) is 0 Å². The monoisotopic (exact) mass is 742 g/mol. The van der Waals surface area contributed by atoms with E-state index in [1.54, 1.807) is 0 Å². The van der Waals surface area contributed by atoms with E-state index in [1.165, 1.54) is 103 Å². The number of benzene rings is 9. The van der Waals surface area contributed by atoms with Crippen LogP contribution in [0.25, 0.3) is 109 Å². The van der Waals surface area contributed by atoms with E-state index >= 15 is 0 Å². The fourth-order valence-electron chi connectivity index (χ4n) is 9.08. The largest absolute Gasteiger partial charge is 0.309 e. The fraction of sp³-hybridized carbons (Fsp3) is 0. The van der Waals surface area contributed by atoms with Gasteiger partial charge in [0.05, 0.1) is 22.1 Å². The third-order valence-electron chi connectivity index (χ3n) is 11.7. The molecule has 0 aliphatic rings. The zero-order chi connectivity index (χ0) is 37.5. The van der Waals surface area contributed by atoms with Crippen molar-refractivity contribution in [3.63, 3.8) is 0 Å². The Bertz CT molecular complexity index is 3510. The molecule has 0 fully saturated rings. The maximum absolute atomic E-state index is 2.43. The van der Waals surface area contributed by atoms with Crippen LogP contribution >= 0.6 is 11.3 Å². The summed E-state index contributed by atoms with van der Waals surface area (Å²) in [6, 6.07) is 75.6. The molecule has 0 saturated carbocycles. The molecule has 12 rings (SSSR count). The average Bonchev–Trinajstić information content (AvgIpc) is 3.94. The molecule has 3 heteroatoms. The lowest BCUT2D eigenvalue weighted by Gasteiger charge is -2.10. The highest BCUT2D eigenvalue weighted by atomic mass is 32.1. The molecule has 266 valence electrons. The van der Waals surface area contributed by atoms with Crippen molar-refractivity contribution in [1.82, 2.24) is 9.13 Å². The van der Waals surface area contributed by atoms with Crippen LogP contribution in [0.3, 0.4) is 0 Å². The van der Waals surface area contributed by atoms with E-state index in [0.717, 1.165) is 5.69 Å². The SMILES string of the molecule is c1ccc(-n2c3ccccc3c3cc(-c4cccc(-c5ccc6c(c5)c5ccc(-c7cccc8c7sc7ccccc78)cc5n6-c5ccccc5)c4)ccc32)cc1. The topological polar surface area (TPSA) is 9.86 Å². The molecule has 0 amide bonds. The molecule has 0 unspecified atom stereocenters. The van der Waals surface area contributed by atoms with Crippen molar-refractivity contribution in [2.24, 2.45) is 0 Å². The van der Waals surface area contributed by atoms with Crippen molar-refractivity contribution in [3.05, 3.63) is 206 Å². The number of para-hydroxylation sites is 3. The highest BCUT2D eigenvalue weighted by molar-refractivity contribution is 7.26. The summed E-state index contributed by atoms with van der Waals surface area (Å²) in [5, 5.41) is 7.67. The number of hydrogen-bond donors (Lipinski definition) is 0. The summed E-state index contributed by atoms with van der Waals surface area (Å²) in [5.41, 5.74) is 14.5. The van der Waals surface area contributed by atoms with E-state index < -0.39 is 0 Å². The Morgan fingerprint density at radius 2 is 0.789 bits per heavy atom. The van der Waals surface area contributed by atoms with Crippen LogP contribution in [-0.4, -0.2) is 9.13 Å². The Balaban J connectivity index is 0.997. The number of thiophene rings is 1. The highest BCUT2D eigenvalue weighted by Gasteiger charge is 2.18.